The molecule has 0 atom stereocenters. The maximum absolute atomic E-state index is 14.1. The maximum atomic E-state index is 14.1. The molecule has 1 N–H and O–H groups in total. The number of alkyl halides is 6. The van der Waals surface area contributed by atoms with Crippen molar-refractivity contribution in [3.63, 3.8) is 0 Å². The third-order valence-corrected chi connectivity index (χ3v) is 6.44. The van der Waals surface area contributed by atoms with E-state index in [0.717, 1.165) is 30.9 Å². The van der Waals surface area contributed by atoms with Gasteiger partial charge in [-0.2, -0.15) is 26.3 Å². The van der Waals surface area contributed by atoms with Crippen molar-refractivity contribution in [2.24, 2.45) is 0 Å². The molecule has 41 heavy (non-hydrogen) atoms. The highest BCUT2D eigenvalue weighted by Crippen LogP contribution is 2.37. The Kier molecular flexibility index (Phi) is 7.86. The molecule has 0 unspecified atom stereocenters. The summed E-state index contributed by atoms with van der Waals surface area (Å²) in [5.74, 6) is 0.201. The lowest BCUT2D eigenvalue weighted by molar-refractivity contribution is -0.138. The van der Waals surface area contributed by atoms with Crippen molar-refractivity contribution in [3.8, 4) is 11.4 Å². The number of aromatic nitrogens is 6. The van der Waals surface area contributed by atoms with Gasteiger partial charge in [0.1, 0.15) is 22.7 Å². The highest BCUT2D eigenvalue weighted by Gasteiger charge is 2.37. The summed E-state index contributed by atoms with van der Waals surface area (Å²) >= 11 is 0. The smallest absolute Gasteiger partial charge is 0.383 e. The average molecular weight is 580 g/mol. The third kappa shape index (κ3) is 6.43. The Morgan fingerprint density at radius 1 is 0.902 bits per heavy atom. The molecule has 4 aromatic rings. The molecular formula is C25H23F6N9O. The molecule has 0 saturated carbocycles. The molecule has 4 aromatic heterocycles. The van der Waals surface area contributed by atoms with Crippen molar-refractivity contribution in [3.05, 3.63) is 54.0 Å². The van der Waals surface area contributed by atoms with E-state index in [1.165, 1.54) is 12.3 Å². The quantitative estimate of drug-likeness (QED) is 0.316. The summed E-state index contributed by atoms with van der Waals surface area (Å²) in [6.07, 6.45) is -6.16. The summed E-state index contributed by atoms with van der Waals surface area (Å²) in [6, 6.07) is 4.45. The molecule has 0 amide bonds. The zero-order valence-electron chi connectivity index (χ0n) is 21.5. The zero-order chi connectivity index (χ0) is 29.2. The van der Waals surface area contributed by atoms with Crippen LogP contribution in [0.4, 0.5) is 43.7 Å². The van der Waals surface area contributed by atoms with Crippen LogP contribution in [0.15, 0.2) is 42.9 Å². The van der Waals surface area contributed by atoms with Crippen molar-refractivity contribution in [2.75, 3.05) is 56.7 Å². The molecule has 0 aliphatic carbocycles. The number of piperazine rings is 1. The predicted octanol–water partition coefficient (Wildman–Crippen LogP) is 4.43. The van der Waals surface area contributed by atoms with Gasteiger partial charge in [0, 0.05) is 52.2 Å². The molecule has 10 nitrogen and oxygen atoms in total. The second kappa shape index (κ2) is 11.4. The molecule has 1 fully saturated rings. The Balaban J connectivity index is 1.41. The molecule has 0 bridgehead atoms. The Labute approximate surface area is 229 Å². The van der Waals surface area contributed by atoms with E-state index >= 15 is 0 Å². The Bertz CT molecular complexity index is 1510. The Morgan fingerprint density at radius 3 is 2.34 bits per heavy atom. The fraction of sp³-hybridized carbons (Fsp3) is 0.360. The zero-order valence-corrected chi connectivity index (χ0v) is 21.5. The molecule has 1 saturated heterocycles. The second-order valence-electron chi connectivity index (χ2n) is 9.12. The lowest BCUT2D eigenvalue weighted by Gasteiger charge is -2.35. The molecule has 0 spiro atoms. The van der Waals surface area contributed by atoms with Gasteiger partial charge in [-0.3, -0.25) is 4.90 Å². The first-order valence-electron chi connectivity index (χ1n) is 12.4. The summed E-state index contributed by atoms with van der Waals surface area (Å²) in [5, 5.41) is 10.8. The second-order valence-corrected chi connectivity index (χ2v) is 9.12. The van der Waals surface area contributed by atoms with Crippen LogP contribution in [0.5, 0.6) is 0 Å². The van der Waals surface area contributed by atoms with Crippen LogP contribution in [0.1, 0.15) is 11.1 Å². The minimum absolute atomic E-state index is 0.00871. The number of methoxy groups -OCH3 is 1. The van der Waals surface area contributed by atoms with E-state index in [1.54, 1.807) is 12.0 Å². The lowest BCUT2D eigenvalue weighted by atomic mass is 10.1. The Morgan fingerprint density at radius 2 is 1.68 bits per heavy atom. The van der Waals surface area contributed by atoms with Crippen molar-refractivity contribution < 1.29 is 31.1 Å². The van der Waals surface area contributed by atoms with Crippen molar-refractivity contribution in [2.45, 2.75) is 12.4 Å². The molecule has 5 heterocycles. The lowest BCUT2D eigenvalue weighted by Crippen LogP contribution is -2.47. The number of ether oxygens (including phenoxy) is 1. The summed E-state index contributed by atoms with van der Waals surface area (Å²) < 4.78 is 86.0. The number of fused-ring (bicyclic) bond motifs is 1. The molecule has 1 aliphatic heterocycles. The number of anilines is 3. The maximum Gasteiger partial charge on any atom is 0.418 e. The SMILES string of the molecule is COCCN1CCN(c2cc(C(F)(F)F)c(-c3cnc4c(Nc5ccc(C(F)(F)F)cn5)ccnc4n3)nn2)CC1. The van der Waals surface area contributed by atoms with E-state index in [4.69, 9.17) is 4.74 Å². The molecular weight excluding hydrogens is 556 g/mol. The predicted molar refractivity (Wildman–Crippen MR) is 136 cm³/mol. The summed E-state index contributed by atoms with van der Waals surface area (Å²) in [5.41, 5.74) is -2.16. The van der Waals surface area contributed by atoms with E-state index in [2.05, 4.69) is 40.3 Å². The normalized spacial score (nSPS) is 15.0. The van der Waals surface area contributed by atoms with E-state index in [9.17, 15) is 26.3 Å². The number of pyridine rings is 2. The summed E-state index contributed by atoms with van der Waals surface area (Å²) in [4.78, 5) is 20.2. The standard InChI is InChI=1S/C25H23F6N9O/c1-41-11-10-39-6-8-40(9-7-39)20-12-16(25(29,30)31)21(38-37-20)18-14-34-22-17(4-5-32-23(22)36-18)35-19-3-2-15(13-33-19)24(26,27)28/h2-5,12-14H,6-11H2,1H3,(H,32,33,35,36). The van der Waals surface area contributed by atoms with E-state index in [1.807, 2.05) is 0 Å². The first-order valence-corrected chi connectivity index (χ1v) is 12.4. The van der Waals surface area contributed by atoms with Crippen LogP contribution in [0.25, 0.3) is 22.6 Å². The molecule has 216 valence electrons. The van der Waals surface area contributed by atoms with Gasteiger partial charge >= 0.3 is 12.4 Å². The van der Waals surface area contributed by atoms with Gasteiger partial charge in [0.25, 0.3) is 0 Å². The van der Waals surface area contributed by atoms with Crippen molar-refractivity contribution in [1.29, 1.82) is 0 Å². The number of hydrogen-bond donors (Lipinski definition) is 1. The first-order chi connectivity index (χ1) is 19.5. The van der Waals surface area contributed by atoms with Crippen LogP contribution in [-0.4, -0.2) is 81.5 Å². The van der Waals surface area contributed by atoms with Crippen LogP contribution < -0.4 is 10.2 Å². The van der Waals surface area contributed by atoms with E-state index < -0.39 is 29.2 Å². The largest absolute Gasteiger partial charge is 0.418 e. The molecule has 0 aromatic carbocycles. The number of nitrogens with one attached hydrogen (secondary N) is 1. The topological polar surface area (TPSA) is 105 Å². The van der Waals surface area contributed by atoms with Gasteiger partial charge in [-0.1, -0.05) is 0 Å². The van der Waals surface area contributed by atoms with Gasteiger partial charge in [0.05, 0.1) is 29.6 Å². The van der Waals surface area contributed by atoms with Gasteiger partial charge in [0.15, 0.2) is 11.5 Å². The minimum atomic E-state index is -4.75. The summed E-state index contributed by atoms with van der Waals surface area (Å²) in [7, 11) is 1.61. The molecule has 5 rings (SSSR count). The van der Waals surface area contributed by atoms with Gasteiger partial charge in [-0.25, -0.2) is 19.9 Å². The monoisotopic (exact) mass is 579 g/mol. The van der Waals surface area contributed by atoms with Gasteiger partial charge in [-0.15, -0.1) is 10.2 Å². The van der Waals surface area contributed by atoms with Gasteiger partial charge < -0.3 is 15.0 Å². The van der Waals surface area contributed by atoms with E-state index in [0.29, 0.717) is 44.7 Å². The number of nitrogens with zero attached hydrogens (tertiary/aromatic N) is 8. The molecule has 0 radical (unpaired) electrons. The number of halogens is 6. The third-order valence-electron chi connectivity index (χ3n) is 6.44. The fourth-order valence-corrected chi connectivity index (χ4v) is 4.27. The van der Waals surface area contributed by atoms with Crippen LogP contribution in [-0.2, 0) is 17.1 Å². The average Bonchev–Trinajstić information content (AvgIpc) is 2.95. The van der Waals surface area contributed by atoms with Crippen LogP contribution in [0, 0.1) is 0 Å². The van der Waals surface area contributed by atoms with E-state index in [-0.39, 0.29) is 28.5 Å². The van der Waals surface area contributed by atoms with Crippen molar-refractivity contribution in [1.82, 2.24) is 35.0 Å². The Hall–Kier alpha value is -4.18. The number of hydrogen-bond acceptors (Lipinski definition) is 10. The van der Waals surface area contributed by atoms with Gasteiger partial charge in [0.2, 0.25) is 0 Å². The molecule has 16 heteroatoms. The highest BCUT2D eigenvalue weighted by atomic mass is 19.4. The highest BCUT2D eigenvalue weighted by molar-refractivity contribution is 5.87. The molecule has 1 aliphatic rings. The van der Waals surface area contributed by atoms with Crippen LogP contribution in [0.3, 0.4) is 0 Å². The van der Waals surface area contributed by atoms with Crippen LogP contribution in [0.2, 0.25) is 0 Å². The van der Waals surface area contributed by atoms with Crippen molar-refractivity contribution >= 4 is 28.5 Å². The van der Waals surface area contributed by atoms with Crippen LogP contribution >= 0.6 is 0 Å². The number of rotatable bonds is 7. The van der Waals surface area contributed by atoms with Gasteiger partial charge in [-0.05, 0) is 24.3 Å². The fourth-order valence-electron chi connectivity index (χ4n) is 4.27. The first kappa shape index (κ1) is 28.4. The summed E-state index contributed by atoms with van der Waals surface area (Å²) in [6.45, 7) is 3.56. The minimum Gasteiger partial charge on any atom is -0.383 e.